The molecule has 0 bridgehead atoms. The Balaban J connectivity index is 3.03. The number of hydrogen-bond donors (Lipinski definition) is 2. The average Bonchev–Trinajstić information content (AvgIpc) is 2.37. The van der Waals surface area contributed by atoms with Gasteiger partial charge >= 0.3 is 6.18 Å². The summed E-state index contributed by atoms with van der Waals surface area (Å²) in [5, 5.41) is 11.5. The van der Waals surface area contributed by atoms with Crippen LogP contribution in [0.25, 0.3) is 0 Å². The van der Waals surface area contributed by atoms with Crippen LogP contribution in [-0.4, -0.2) is 36.9 Å². The monoisotopic (exact) mass is 323 g/mol. The van der Waals surface area contributed by atoms with Gasteiger partial charge in [0, 0.05) is 19.3 Å². The first-order chi connectivity index (χ1) is 10.1. The predicted octanol–water partition coefficient (Wildman–Crippen LogP) is 2.36. The van der Waals surface area contributed by atoms with Gasteiger partial charge in [0.25, 0.3) is 5.91 Å². The number of nitrogens with one attached hydrogen (secondary N) is 1. The lowest BCUT2D eigenvalue weighted by Crippen LogP contribution is -2.50. The van der Waals surface area contributed by atoms with Crippen LogP contribution >= 0.6 is 0 Å². The van der Waals surface area contributed by atoms with Crippen LogP contribution in [0.5, 0.6) is 0 Å². The quantitative estimate of drug-likeness (QED) is 0.790. The molecule has 8 heteroatoms. The van der Waals surface area contributed by atoms with E-state index in [0.717, 1.165) is 6.07 Å². The van der Waals surface area contributed by atoms with E-state index in [-0.39, 0.29) is 25.2 Å². The molecule has 1 aromatic rings. The standard InChI is InChI=1S/C14H17F4NO3/c1-13(5-6-20,8-22-2)19-12(21)9-3-4-11(15)10(7-9)14(16,17)18/h3-4,7,20H,5-6,8H2,1-2H3,(H,19,21). The van der Waals surface area contributed by atoms with Gasteiger partial charge < -0.3 is 15.2 Å². The normalized spacial score (nSPS) is 14.5. The van der Waals surface area contributed by atoms with Crippen molar-refractivity contribution in [3.8, 4) is 0 Å². The number of rotatable bonds is 6. The van der Waals surface area contributed by atoms with Gasteiger partial charge in [-0.05, 0) is 31.5 Å². The van der Waals surface area contributed by atoms with Gasteiger partial charge in [-0.1, -0.05) is 0 Å². The van der Waals surface area contributed by atoms with E-state index < -0.39 is 29.0 Å². The molecular weight excluding hydrogens is 306 g/mol. The lowest BCUT2D eigenvalue weighted by molar-refractivity contribution is -0.140. The Morgan fingerprint density at radius 3 is 2.50 bits per heavy atom. The van der Waals surface area contributed by atoms with Gasteiger partial charge in [0.2, 0.25) is 0 Å². The Kier molecular flexibility index (Phi) is 5.90. The molecule has 0 aliphatic heterocycles. The fraction of sp³-hybridized carbons (Fsp3) is 0.500. The van der Waals surface area contributed by atoms with Gasteiger partial charge in [0.15, 0.2) is 0 Å². The van der Waals surface area contributed by atoms with E-state index in [2.05, 4.69) is 5.32 Å². The molecule has 1 amide bonds. The molecule has 0 aliphatic rings. The first-order valence-corrected chi connectivity index (χ1v) is 6.42. The number of halogens is 4. The zero-order chi connectivity index (χ0) is 17.0. The number of aliphatic hydroxyl groups is 1. The zero-order valence-electron chi connectivity index (χ0n) is 12.1. The van der Waals surface area contributed by atoms with Gasteiger partial charge in [0.1, 0.15) is 5.82 Å². The number of carbonyl (C=O) groups is 1. The number of carbonyl (C=O) groups excluding carboxylic acids is 1. The Hall–Kier alpha value is -1.67. The van der Waals surface area contributed by atoms with Crippen molar-refractivity contribution in [2.75, 3.05) is 20.3 Å². The van der Waals surface area contributed by atoms with Crippen LogP contribution in [0.15, 0.2) is 18.2 Å². The van der Waals surface area contributed by atoms with Crippen molar-refractivity contribution in [2.45, 2.75) is 25.1 Å². The molecule has 22 heavy (non-hydrogen) atoms. The van der Waals surface area contributed by atoms with Crippen molar-refractivity contribution in [3.05, 3.63) is 35.1 Å². The smallest absolute Gasteiger partial charge is 0.396 e. The molecule has 4 nitrogen and oxygen atoms in total. The second-order valence-electron chi connectivity index (χ2n) is 5.11. The van der Waals surface area contributed by atoms with Crippen molar-refractivity contribution >= 4 is 5.91 Å². The maximum atomic E-state index is 13.2. The largest absolute Gasteiger partial charge is 0.419 e. The first-order valence-electron chi connectivity index (χ1n) is 6.42. The minimum atomic E-state index is -4.89. The third-order valence-electron chi connectivity index (χ3n) is 3.08. The van der Waals surface area contributed by atoms with Crippen molar-refractivity contribution in [1.82, 2.24) is 5.32 Å². The Morgan fingerprint density at radius 1 is 1.36 bits per heavy atom. The maximum absolute atomic E-state index is 13.2. The lowest BCUT2D eigenvalue weighted by atomic mass is 9.98. The Labute approximate surface area is 125 Å². The predicted molar refractivity (Wildman–Crippen MR) is 70.9 cm³/mol. The third kappa shape index (κ3) is 4.67. The highest BCUT2D eigenvalue weighted by Gasteiger charge is 2.35. The fourth-order valence-corrected chi connectivity index (χ4v) is 1.97. The van der Waals surface area contributed by atoms with E-state index in [4.69, 9.17) is 9.84 Å². The van der Waals surface area contributed by atoms with Crippen molar-refractivity contribution in [2.24, 2.45) is 0 Å². The average molecular weight is 323 g/mol. The van der Waals surface area contributed by atoms with Gasteiger partial charge in [-0.2, -0.15) is 13.2 Å². The van der Waals surface area contributed by atoms with Crippen molar-refractivity contribution in [3.63, 3.8) is 0 Å². The molecule has 1 atom stereocenters. The molecule has 0 aliphatic carbocycles. The zero-order valence-corrected chi connectivity index (χ0v) is 12.1. The molecule has 2 N–H and O–H groups in total. The van der Waals surface area contributed by atoms with Gasteiger partial charge in [-0.15, -0.1) is 0 Å². The molecular formula is C14H17F4NO3. The highest BCUT2D eigenvalue weighted by Crippen LogP contribution is 2.32. The summed E-state index contributed by atoms with van der Waals surface area (Å²) in [4.78, 5) is 12.1. The summed E-state index contributed by atoms with van der Waals surface area (Å²) in [6, 6.07) is 2.01. The molecule has 0 spiro atoms. The van der Waals surface area contributed by atoms with Crippen LogP contribution in [0, 0.1) is 5.82 Å². The van der Waals surface area contributed by atoms with Crippen LogP contribution in [0.1, 0.15) is 29.3 Å². The molecule has 124 valence electrons. The van der Waals surface area contributed by atoms with E-state index in [1.54, 1.807) is 6.92 Å². The highest BCUT2D eigenvalue weighted by atomic mass is 19.4. The van der Waals surface area contributed by atoms with Crippen LogP contribution < -0.4 is 5.32 Å². The Bertz CT molecular complexity index is 525. The first kappa shape index (κ1) is 18.4. The summed E-state index contributed by atoms with van der Waals surface area (Å²) in [7, 11) is 1.39. The number of ether oxygens (including phenoxy) is 1. The third-order valence-corrected chi connectivity index (χ3v) is 3.08. The Morgan fingerprint density at radius 2 is 2.00 bits per heavy atom. The van der Waals surface area contributed by atoms with Crippen LogP contribution in [0.2, 0.25) is 0 Å². The summed E-state index contributed by atoms with van der Waals surface area (Å²) < 4.78 is 56.1. The topological polar surface area (TPSA) is 58.6 Å². The molecule has 1 unspecified atom stereocenters. The number of methoxy groups -OCH3 is 1. The number of alkyl halides is 3. The van der Waals surface area contributed by atoms with E-state index >= 15 is 0 Å². The van der Waals surface area contributed by atoms with Crippen LogP contribution in [-0.2, 0) is 10.9 Å². The van der Waals surface area contributed by atoms with Crippen molar-refractivity contribution < 1.29 is 32.2 Å². The minimum Gasteiger partial charge on any atom is -0.396 e. The van der Waals surface area contributed by atoms with E-state index in [9.17, 15) is 22.4 Å². The van der Waals surface area contributed by atoms with Gasteiger partial charge in [-0.25, -0.2) is 4.39 Å². The molecule has 0 heterocycles. The molecule has 1 rings (SSSR count). The van der Waals surface area contributed by atoms with Crippen molar-refractivity contribution in [1.29, 1.82) is 0 Å². The number of amides is 1. The van der Waals surface area contributed by atoms with Crippen LogP contribution in [0.4, 0.5) is 17.6 Å². The second kappa shape index (κ2) is 7.06. The second-order valence-corrected chi connectivity index (χ2v) is 5.11. The number of benzene rings is 1. The molecule has 0 saturated carbocycles. The SMILES string of the molecule is COCC(C)(CCO)NC(=O)c1ccc(F)c(C(F)(F)F)c1. The summed E-state index contributed by atoms with van der Waals surface area (Å²) in [5.41, 5.74) is -2.78. The lowest BCUT2D eigenvalue weighted by Gasteiger charge is -2.29. The van der Waals surface area contributed by atoms with Crippen LogP contribution in [0.3, 0.4) is 0 Å². The molecule has 0 saturated heterocycles. The molecule has 1 aromatic carbocycles. The van der Waals surface area contributed by atoms with E-state index in [1.165, 1.54) is 7.11 Å². The maximum Gasteiger partial charge on any atom is 0.419 e. The van der Waals surface area contributed by atoms with E-state index in [0.29, 0.717) is 12.1 Å². The van der Waals surface area contributed by atoms with Gasteiger partial charge in [0.05, 0.1) is 17.7 Å². The fourth-order valence-electron chi connectivity index (χ4n) is 1.97. The summed E-state index contributed by atoms with van der Waals surface area (Å²) in [6.45, 7) is 1.41. The summed E-state index contributed by atoms with van der Waals surface area (Å²) in [6.07, 6.45) is -4.73. The summed E-state index contributed by atoms with van der Waals surface area (Å²) in [5.74, 6) is -2.25. The highest BCUT2D eigenvalue weighted by molar-refractivity contribution is 5.94. The number of hydrogen-bond acceptors (Lipinski definition) is 3. The summed E-state index contributed by atoms with van der Waals surface area (Å²) >= 11 is 0. The minimum absolute atomic E-state index is 0.0621. The van der Waals surface area contributed by atoms with E-state index in [1.807, 2.05) is 0 Å². The number of aliphatic hydroxyl groups excluding tert-OH is 1. The molecule has 0 fully saturated rings. The molecule has 0 radical (unpaired) electrons. The molecule has 0 aromatic heterocycles. The van der Waals surface area contributed by atoms with Gasteiger partial charge in [-0.3, -0.25) is 4.79 Å².